The molecule has 0 amide bonds. The van der Waals surface area contributed by atoms with Crippen LogP contribution in [0.1, 0.15) is 27.2 Å². The molecule has 4 heteroatoms. The van der Waals surface area contributed by atoms with E-state index in [1.807, 2.05) is 51.1 Å². The Kier molecular flexibility index (Phi) is 5.54. The lowest BCUT2D eigenvalue weighted by atomic mass is 10.4. The van der Waals surface area contributed by atoms with Gasteiger partial charge in [-0.05, 0) is 13.8 Å². The maximum absolute atomic E-state index is 12.2. The highest BCUT2D eigenvalue weighted by Crippen LogP contribution is 2.12. The van der Waals surface area contributed by atoms with Gasteiger partial charge in [0.2, 0.25) is 0 Å². The van der Waals surface area contributed by atoms with Crippen LogP contribution in [0.15, 0.2) is 30.3 Å². The average molecular weight is 252 g/mol. The molecule has 0 N–H and O–H groups in total. The summed E-state index contributed by atoms with van der Waals surface area (Å²) in [5.74, 6) is 0. The second kappa shape index (κ2) is 6.69. The largest absolute Gasteiger partial charge is 0.444 e. The maximum Gasteiger partial charge on any atom is 0.444 e. The summed E-state index contributed by atoms with van der Waals surface area (Å²) in [7, 11) is -2.91. The van der Waals surface area contributed by atoms with Crippen LogP contribution in [0.25, 0.3) is 0 Å². The quantitative estimate of drug-likeness (QED) is 0.696. The molecule has 0 spiro atoms. The summed E-state index contributed by atoms with van der Waals surface area (Å²) in [6.45, 7) is 6.63. The van der Waals surface area contributed by atoms with E-state index in [0.717, 1.165) is 5.19 Å². The predicted molar refractivity (Wildman–Crippen MR) is 70.4 cm³/mol. The molecule has 0 aromatic heterocycles. The van der Waals surface area contributed by atoms with E-state index in [1.165, 1.54) is 0 Å². The molecule has 94 valence electrons. The van der Waals surface area contributed by atoms with Crippen LogP contribution in [0, 0.1) is 0 Å². The van der Waals surface area contributed by atoms with Gasteiger partial charge >= 0.3 is 8.56 Å². The van der Waals surface area contributed by atoms with Gasteiger partial charge in [-0.2, -0.15) is 0 Å². The Labute approximate surface area is 104 Å². The first-order valence-electron chi connectivity index (χ1n) is 6.08. The molecule has 0 saturated carbocycles. The molecular weight excluding hydrogens is 232 g/mol. The molecule has 0 aliphatic carbocycles. The van der Waals surface area contributed by atoms with Gasteiger partial charge in [-0.1, -0.05) is 37.3 Å². The molecule has 1 aromatic rings. The van der Waals surface area contributed by atoms with Gasteiger partial charge in [0, 0.05) is 24.8 Å². The van der Waals surface area contributed by atoms with Gasteiger partial charge in [-0.3, -0.25) is 4.79 Å². The first-order chi connectivity index (χ1) is 8.21. The van der Waals surface area contributed by atoms with E-state index in [-0.39, 0.29) is 5.41 Å². The van der Waals surface area contributed by atoms with E-state index in [1.54, 1.807) is 0 Å². The van der Waals surface area contributed by atoms with Crippen molar-refractivity contribution in [2.45, 2.75) is 27.2 Å². The highest BCUT2D eigenvalue weighted by Gasteiger charge is 2.46. The Balaban J connectivity index is 3.19. The summed E-state index contributed by atoms with van der Waals surface area (Å²) in [5.41, 5.74) is 0. The third kappa shape index (κ3) is 3.03. The molecule has 0 aliphatic rings. The zero-order valence-electron chi connectivity index (χ0n) is 10.7. The smallest absolute Gasteiger partial charge is 0.386 e. The van der Waals surface area contributed by atoms with E-state index >= 15 is 0 Å². The molecule has 0 heterocycles. The lowest BCUT2D eigenvalue weighted by Crippen LogP contribution is -2.60. The van der Waals surface area contributed by atoms with Crippen LogP contribution in [-0.2, 0) is 13.6 Å². The minimum atomic E-state index is -2.91. The number of hydrogen-bond donors (Lipinski definition) is 0. The molecule has 17 heavy (non-hydrogen) atoms. The first-order valence-corrected chi connectivity index (χ1v) is 7.89. The molecule has 0 saturated heterocycles. The monoisotopic (exact) mass is 252 g/mol. The van der Waals surface area contributed by atoms with Crippen molar-refractivity contribution in [1.29, 1.82) is 0 Å². The second-order valence-electron chi connectivity index (χ2n) is 3.63. The van der Waals surface area contributed by atoms with Gasteiger partial charge < -0.3 is 8.85 Å². The normalized spacial score (nSPS) is 11.5. The van der Waals surface area contributed by atoms with Crippen molar-refractivity contribution in [3.05, 3.63) is 30.3 Å². The molecule has 1 rings (SSSR count). The highest BCUT2D eigenvalue weighted by molar-refractivity contribution is 7.06. The zero-order chi connectivity index (χ0) is 12.7. The van der Waals surface area contributed by atoms with Crippen LogP contribution < -0.4 is 5.19 Å². The molecule has 0 fully saturated rings. The van der Waals surface area contributed by atoms with Crippen molar-refractivity contribution in [2.24, 2.45) is 0 Å². The van der Waals surface area contributed by atoms with Crippen LogP contribution >= 0.6 is 0 Å². The summed E-state index contributed by atoms with van der Waals surface area (Å²) in [5, 5.41) is 0.989. The highest BCUT2D eigenvalue weighted by atomic mass is 28.4. The fraction of sp³-hybridized carbons (Fsp3) is 0.462. The number of hydrogen-bond acceptors (Lipinski definition) is 3. The fourth-order valence-corrected chi connectivity index (χ4v) is 4.80. The van der Waals surface area contributed by atoms with Crippen molar-refractivity contribution in [3.63, 3.8) is 0 Å². The molecular formula is C13H20O3Si. The summed E-state index contributed by atoms with van der Waals surface area (Å²) in [4.78, 5) is 12.2. The number of carbonyl (C=O) groups excluding carboxylic acids is 1. The Morgan fingerprint density at radius 2 is 1.59 bits per heavy atom. The van der Waals surface area contributed by atoms with E-state index in [4.69, 9.17) is 8.85 Å². The molecule has 0 atom stereocenters. The zero-order valence-corrected chi connectivity index (χ0v) is 11.7. The average Bonchev–Trinajstić information content (AvgIpc) is 2.38. The van der Waals surface area contributed by atoms with Gasteiger partial charge in [0.1, 0.15) is 0 Å². The van der Waals surface area contributed by atoms with Gasteiger partial charge in [-0.15, -0.1) is 0 Å². The van der Waals surface area contributed by atoms with Crippen molar-refractivity contribution < 1.29 is 13.6 Å². The van der Waals surface area contributed by atoms with Crippen LogP contribution in [0.2, 0.25) is 0 Å². The third-order valence-corrected chi connectivity index (χ3v) is 6.11. The molecule has 1 aromatic carbocycles. The van der Waals surface area contributed by atoms with E-state index in [0.29, 0.717) is 19.6 Å². The standard InChI is InChI=1S/C13H20O3Si/c1-4-13(14)17(15-5-2,16-6-3)12-10-8-7-9-11-12/h7-11H,4-6H2,1-3H3. The van der Waals surface area contributed by atoms with Gasteiger partial charge in [0.05, 0.1) is 0 Å². The molecule has 0 radical (unpaired) electrons. The second-order valence-corrected chi connectivity index (χ2v) is 6.57. The molecule has 0 aliphatic heterocycles. The van der Waals surface area contributed by atoms with Crippen molar-refractivity contribution in [2.75, 3.05) is 13.2 Å². The van der Waals surface area contributed by atoms with Crippen molar-refractivity contribution in [3.8, 4) is 0 Å². The van der Waals surface area contributed by atoms with Gasteiger partial charge in [-0.25, -0.2) is 0 Å². The van der Waals surface area contributed by atoms with Crippen molar-refractivity contribution >= 4 is 19.2 Å². The van der Waals surface area contributed by atoms with Crippen LogP contribution in [-0.4, -0.2) is 27.2 Å². The first kappa shape index (κ1) is 14.1. The Morgan fingerprint density at radius 3 is 2.00 bits per heavy atom. The van der Waals surface area contributed by atoms with Gasteiger partial charge in [0.25, 0.3) is 0 Å². The molecule has 3 nitrogen and oxygen atoms in total. The third-order valence-electron chi connectivity index (χ3n) is 2.54. The number of carbonyl (C=O) groups is 1. The van der Waals surface area contributed by atoms with E-state index in [2.05, 4.69) is 0 Å². The number of benzene rings is 1. The SMILES string of the molecule is CCO[Si](OCC)(C(=O)CC)c1ccccc1. The minimum absolute atomic E-state index is 0.0902. The Morgan fingerprint density at radius 1 is 1.06 bits per heavy atom. The van der Waals surface area contributed by atoms with Gasteiger partial charge in [0.15, 0.2) is 5.41 Å². The summed E-state index contributed by atoms with van der Waals surface area (Å²) in [6.07, 6.45) is 0.446. The predicted octanol–water partition coefficient (Wildman–Crippen LogP) is 1.93. The molecule has 0 unspecified atom stereocenters. The Hall–Kier alpha value is -0.973. The van der Waals surface area contributed by atoms with E-state index < -0.39 is 8.56 Å². The van der Waals surface area contributed by atoms with Crippen LogP contribution in [0.3, 0.4) is 0 Å². The molecule has 0 bridgehead atoms. The summed E-state index contributed by atoms with van der Waals surface area (Å²) in [6, 6.07) is 9.60. The summed E-state index contributed by atoms with van der Waals surface area (Å²) >= 11 is 0. The lowest BCUT2D eigenvalue weighted by Gasteiger charge is -2.28. The van der Waals surface area contributed by atoms with Crippen LogP contribution in [0.5, 0.6) is 0 Å². The summed E-state index contributed by atoms with van der Waals surface area (Å²) < 4.78 is 11.6. The number of rotatable bonds is 7. The van der Waals surface area contributed by atoms with Crippen molar-refractivity contribution in [1.82, 2.24) is 0 Å². The maximum atomic E-state index is 12.2. The lowest BCUT2D eigenvalue weighted by molar-refractivity contribution is -0.115. The van der Waals surface area contributed by atoms with E-state index in [9.17, 15) is 4.79 Å². The Bertz CT molecular complexity index is 345. The topological polar surface area (TPSA) is 35.5 Å². The fourth-order valence-electron chi connectivity index (χ4n) is 1.83. The minimum Gasteiger partial charge on any atom is -0.386 e. The van der Waals surface area contributed by atoms with Crippen LogP contribution in [0.4, 0.5) is 0 Å².